The third kappa shape index (κ3) is 6.15. The Morgan fingerprint density at radius 1 is 0.964 bits per heavy atom. The molecule has 0 aliphatic carbocycles. The van der Waals surface area contributed by atoms with Gasteiger partial charge < -0.3 is 14.4 Å². The van der Waals surface area contributed by atoms with E-state index in [1.807, 2.05) is 68.1 Å². The summed E-state index contributed by atoms with van der Waals surface area (Å²) in [6.07, 6.45) is 6.12. The Balaban J connectivity index is 1.48. The summed E-state index contributed by atoms with van der Waals surface area (Å²) < 4.78 is 11.3. The van der Waals surface area contributed by atoms with E-state index >= 15 is 0 Å². The molecule has 0 bridgehead atoms. The zero-order chi connectivity index (χ0) is 20.0. The van der Waals surface area contributed by atoms with E-state index in [1.165, 1.54) is 0 Å². The number of carbonyl (C=O) groups excluding carboxylic acids is 1. The first kappa shape index (κ1) is 20.0. The number of ether oxygens (including phenoxy) is 2. The number of hydrogen-bond donors (Lipinski definition) is 0. The van der Waals surface area contributed by atoms with Crippen molar-refractivity contribution >= 4 is 12.2 Å². The van der Waals surface area contributed by atoms with E-state index < -0.39 is 5.60 Å². The number of hydrogen-bond acceptors (Lipinski definition) is 3. The fraction of sp³-hybridized carbons (Fsp3) is 0.375. The molecule has 0 atom stereocenters. The van der Waals surface area contributed by atoms with Crippen molar-refractivity contribution in [3.05, 3.63) is 66.2 Å². The van der Waals surface area contributed by atoms with Crippen LogP contribution in [0.4, 0.5) is 4.79 Å². The molecule has 1 aliphatic heterocycles. The van der Waals surface area contributed by atoms with Gasteiger partial charge in [-0.1, -0.05) is 42.5 Å². The Morgan fingerprint density at radius 3 is 2.18 bits per heavy atom. The Kier molecular flexibility index (Phi) is 6.40. The average molecular weight is 380 g/mol. The fourth-order valence-electron chi connectivity index (χ4n) is 3.12. The van der Waals surface area contributed by atoms with E-state index in [-0.39, 0.29) is 6.09 Å². The zero-order valence-corrected chi connectivity index (χ0v) is 16.9. The maximum absolute atomic E-state index is 12.1. The van der Waals surface area contributed by atoms with Crippen LogP contribution in [0.3, 0.4) is 0 Å². The summed E-state index contributed by atoms with van der Waals surface area (Å²) in [4.78, 5) is 13.9. The molecule has 1 heterocycles. The molecule has 1 saturated heterocycles. The molecule has 1 amide bonds. The van der Waals surface area contributed by atoms with Gasteiger partial charge in [0.05, 0.1) is 0 Å². The molecule has 3 rings (SSSR count). The lowest BCUT2D eigenvalue weighted by Gasteiger charge is -2.32. The topological polar surface area (TPSA) is 38.8 Å². The first-order valence-electron chi connectivity index (χ1n) is 9.88. The second kappa shape index (κ2) is 8.96. The maximum atomic E-state index is 12.1. The number of para-hydroxylation sites is 1. The lowest BCUT2D eigenvalue weighted by molar-refractivity contribution is 0.0197. The van der Waals surface area contributed by atoms with Crippen LogP contribution in [0, 0.1) is 5.92 Å². The summed E-state index contributed by atoms with van der Waals surface area (Å²) in [7, 11) is 0. The van der Waals surface area contributed by atoms with Crippen molar-refractivity contribution in [2.75, 3.05) is 13.1 Å². The average Bonchev–Trinajstić information content (AvgIpc) is 2.67. The smallest absolute Gasteiger partial charge is 0.410 e. The van der Waals surface area contributed by atoms with Crippen LogP contribution in [-0.4, -0.2) is 29.7 Å². The summed E-state index contributed by atoms with van der Waals surface area (Å²) in [5.74, 6) is 2.15. The number of nitrogens with zero attached hydrogens (tertiary/aromatic N) is 1. The van der Waals surface area contributed by atoms with E-state index in [0.717, 1.165) is 43.0 Å². The highest BCUT2D eigenvalue weighted by atomic mass is 16.6. The highest BCUT2D eigenvalue weighted by Gasteiger charge is 2.25. The molecular weight excluding hydrogens is 350 g/mol. The quantitative estimate of drug-likeness (QED) is 0.640. The van der Waals surface area contributed by atoms with Crippen molar-refractivity contribution in [2.45, 2.75) is 39.2 Å². The van der Waals surface area contributed by atoms with Crippen molar-refractivity contribution in [1.29, 1.82) is 0 Å². The van der Waals surface area contributed by atoms with Gasteiger partial charge in [0.1, 0.15) is 17.1 Å². The van der Waals surface area contributed by atoms with Crippen LogP contribution in [0.25, 0.3) is 6.08 Å². The predicted octanol–water partition coefficient (Wildman–Crippen LogP) is 6.14. The van der Waals surface area contributed by atoms with Gasteiger partial charge in [0.15, 0.2) is 0 Å². The molecule has 0 N–H and O–H groups in total. The van der Waals surface area contributed by atoms with Gasteiger partial charge in [0.2, 0.25) is 0 Å². The minimum atomic E-state index is -0.440. The minimum absolute atomic E-state index is 0.205. The van der Waals surface area contributed by atoms with E-state index in [0.29, 0.717) is 5.92 Å². The second-order valence-corrected chi connectivity index (χ2v) is 8.15. The molecular formula is C24H29NO3. The van der Waals surface area contributed by atoms with Crippen LogP contribution in [0.1, 0.15) is 39.2 Å². The molecule has 0 radical (unpaired) electrons. The van der Waals surface area contributed by atoms with Crippen LogP contribution in [0.2, 0.25) is 0 Å². The molecule has 4 heteroatoms. The molecule has 2 aromatic rings. The SMILES string of the molecule is CC(C)(C)OC(=O)N1CCC(/C=C/c2ccc(Oc3ccccc3)cc2)CC1. The molecule has 2 aromatic carbocycles. The van der Waals surface area contributed by atoms with Gasteiger partial charge in [0.25, 0.3) is 0 Å². The van der Waals surface area contributed by atoms with E-state index in [4.69, 9.17) is 9.47 Å². The van der Waals surface area contributed by atoms with Gasteiger partial charge in [-0.05, 0) is 69.4 Å². The number of benzene rings is 2. The maximum Gasteiger partial charge on any atom is 0.410 e. The monoisotopic (exact) mass is 379 g/mol. The fourth-order valence-corrected chi connectivity index (χ4v) is 3.12. The number of allylic oxidation sites excluding steroid dienone is 1. The van der Waals surface area contributed by atoms with Gasteiger partial charge in [-0.3, -0.25) is 0 Å². The van der Waals surface area contributed by atoms with Crippen LogP contribution < -0.4 is 4.74 Å². The van der Waals surface area contributed by atoms with Gasteiger partial charge in [-0.2, -0.15) is 0 Å². The Morgan fingerprint density at radius 2 is 1.57 bits per heavy atom. The van der Waals surface area contributed by atoms with Crippen molar-refractivity contribution in [3.63, 3.8) is 0 Å². The molecule has 148 valence electrons. The van der Waals surface area contributed by atoms with Crippen LogP contribution in [0.5, 0.6) is 11.5 Å². The van der Waals surface area contributed by atoms with Gasteiger partial charge in [0, 0.05) is 13.1 Å². The second-order valence-electron chi connectivity index (χ2n) is 8.15. The number of piperidine rings is 1. The van der Waals surface area contributed by atoms with Crippen molar-refractivity contribution in [2.24, 2.45) is 5.92 Å². The summed E-state index contributed by atoms with van der Waals surface area (Å²) in [6, 6.07) is 17.9. The molecule has 28 heavy (non-hydrogen) atoms. The molecule has 0 saturated carbocycles. The highest BCUT2D eigenvalue weighted by Crippen LogP contribution is 2.24. The van der Waals surface area contributed by atoms with Crippen LogP contribution in [-0.2, 0) is 4.74 Å². The van der Waals surface area contributed by atoms with Crippen molar-refractivity contribution < 1.29 is 14.3 Å². The Bertz CT molecular complexity index is 783. The van der Waals surface area contributed by atoms with Crippen LogP contribution >= 0.6 is 0 Å². The zero-order valence-electron chi connectivity index (χ0n) is 16.9. The molecule has 4 nitrogen and oxygen atoms in total. The van der Waals surface area contributed by atoms with Gasteiger partial charge in [-0.15, -0.1) is 0 Å². The number of likely N-dealkylation sites (tertiary alicyclic amines) is 1. The third-order valence-electron chi connectivity index (χ3n) is 4.61. The predicted molar refractivity (Wildman–Crippen MR) is 113 cm³/mol. The number of carbonyl (C=O) groups is 1. The Hall–Kier alpha value is -2.75. The lowest BCUT2D eigenvalue weighted by Crippen LogP contribution is -2.41. The largest absolute Gasteiger partial charge is 0.457 e. The Labute approximate surface area is 167 Å². The first-order valence-corrected chi connectivity index (χ1v) is 9.88. The first-order chi connectivity index (χ1) is 13.4. The molecule has 1 fully saturated rings. The van der Waals surface area contributed by atoms with Crippen LogP contribution in [0.15, 0.2) is 60.7 Å². The minimum Gasteiger partial charge on any atom is -0.457 e. The van der Waals surface area contributed by atoms with Crippen molar-refractivity contribution in [1.82, 2.24) is 4.90 Å². The van der Waals surface area contributed by atoms with E-state index in [2.05, 4.69) is 24.3 Å². The summed E-state index contributed by atoms with van der Waals surface area (Å²) in [6.45, 7) is 7.19. The van der Waals surface area contributed by atoms with Gasteiger partial charge in [-0.25, -0.2) is 4.79 Å². The molecule has 0 aromatic heterocycles. The summed E-state index contributed by atoms with van der Waals surface area (Å²) >= 11 is 0. The number of amides is 1. The molecule has 0 unspecified atom stereocenters. The van der Waals surface area contributed by atoms with E-state index in [1.54, 1.807) is 0 Å². The molecule has 1 aliphatic rings. The standard InChI is InChI=1S/C24H29NO3/c1-24(2,3)28-23(26)25-17-15-20(16-18-25)10-9-19-11-13-22(14-12-19)27-21-7-5-4-6-8-21/h4-14,20H,15-18H2,1-3H3/b10-9+. The van der Waals surface area contributed by atoms with Gasteiger partial charge >= 0.3 is 6.09 Å². The van der Waals surface area contributed by atoms with Crippen molar-refractivity contribution in [3.8, 4) is 11.5 Å². The summed E-state index contributed by atoms with van der Waals surface area (Å²) in [5, 5.41) is 0. The molecule has 0 spiro atoms. The third-order valence-corrected chi connectivity index (χ3v) is 4.61. The number of rotatable bonds is 4. The summed E-state index contributed by atoms with van der Waals surface area (Å²) in [5.41, 5.74) is 0.708. The lowest BCUT2D eigenvalue weighted by atomic mass is 9.96. The normalized spacial score (nSPS) is 15.6. The van der Waals surface area contributed by atoms with E-state index in [9.17, 15) is 4.79 Å². The highest BCUT2D eigenvalue weighted by molar-refractivity contribution is 5.68.